The van der Waals surface area contributed by atoms with Gasteiger partial charge in [-0.3, -0.25) is 9.89 Å². The third-order valence-corrected chi connectivity index (χ3v) is 5.33. The molecule has 3 rings (SSSR count). The van der Waals surface area contributed by atoms with Crippen LogP contribution in [0.15, 0.2) is 41.9 Å². The SMILES string of the molecule is CCC(CC)C(NC(=O)c1cccc2cn[nH]c12)c1cccs1. The van der Waals surface area contributed by atoms with Crippen molar-refractivity contribution in [2.75, 3.05) is 0 Å². The third-order valence-electron chi connectivity index (χ3n) is 4.38. The number of carbonyl (C=O) groups excluding carboxylic acids is 1. The molecule has 0 spiro atoms. The van der Waals surface area contributed by atoms with Crippen LogP contribution < -0.4 is 5.32 Å². The summed E-state index contributed by atoms with van der Waals surface area (Å²) in [7, 11) is 0. The minimum absolute atomic E-state index is 0.0508. The number of H-pyrrole nitrogens is 1. The van der Waals surface area contributed by atoms with Gasteiger partial charge in [0.15, 0.2) is 0 Å². The molecule has 1 atom stereocenters. The van der Waals surface area contributed by atoms with Crippen LogP contribution >= 0.6 is 11.3 Å². The lowest BCUT2D eigenvalue weighted by Crippen LogP contribution is -2.33. The summed E-state index contributed by atoms with van der Waals surface area (Å²) in [4.78, 5) is 14.1. The fraction of sp³-hybridized carbons (Fsp3) is 0.333. The largest absolute Gasteiger partial charge is 0.344 e. The molecule has 2 heterocycles. The maximum Gasteiger partial charge on any atom is 0.253 e. The Hall–Kier alpha value is -2.14. The van der Waals surface area contributed by atoms with Crippen LogP contribution in [0.5, 0.6) is 0 Å². The minimum Gasteiger partial charge on any atom is -0.344 e. The number of thiophene rings is 1. The Morgan fingerprint density at radius 1 is 1.26 bits per heavy atom. The number of benzene rings is 1. The molecule has 120 valence electrons. The van der Waals surface area contributed by atoms with Crippen molar-refractivity contribution in [2.45, 2.75) is 32.7 Å². The second-order valence-electron chi connectivity index (χ2n) is 5.68. The first-order valence-corrected chi connectivity index (χ1v) is 8.88. The summed E-state index contributed by atoms with van der Waals surface area (Å²) in [6.07, 6.45) is 3.81. The summed E-state index contributed by atoms with van der Waals surface area (Å²) >= 11 is 1.70. The number of nitrogens with zero attached hydrogens (tertiary/aromatic N) is 1. The normalized spacial score (nSPS) is 12.7. The van der Waals surface area contributed by atoms with Gasteiger partial charge in [0.25, 0.3) is 5.91 Å². The second-order valence-corrected chi connectivity index (χ2v) is 6.66. The maximum atomic E-state index is 12.8. The van der Waals surface area contributed by atoms with Crippen molar-refractivity contribution in [2.24, 2.45) is 5.92 Å². The zero-order valence-electron chi connectivity index (χ0n) is 13.4. The first kappa shape index (κ1) is 15.7. The van der Waals surface area contributed by atoms with Gasteiger partial charge in [0.1, 0.15) is 0 Å². The van der Waals surface area contributed by atoms with Gasteiger partial charge in [-0.25, -0.2) is 0 Å². The molecule has 0 fully saturated rings. The van der Waals surface area contributed by atoms with Gasteiger partial charge < -0.3 is 5.32 Å². The fourth-order valence-electron chi connectivity index (χ4n) is 3.03. The Morgan fingerprint density at radius 3 is 2.78 bits per heavy atom. The second kappa shape index (κ2) is 6.96. The van der Waals surface area contributed by atoms with E-state index in [4.69, 9.17) is 0 Å². The molecule has 1 unspecified atom stereocenters. The third kappa shape index (κ3) is 3.15. The number of para-hydroxylation sites is 1. The molecule has 0 radical (unpaired) electrons. The molecule has 3 aromatic rings. The van der Waals surface area contributed by atoms with E-state index in [-0.39, 0.29) is 11.9 Å². The quantitative estimate of drug-likeness (QED) is 0.699. The average molecular weight is 327 g/mol. The van der Waals surface area contributed by atoms with Gasteiger partial charge in [0.2, 0.25) is 0 Å². The van der Waals surface area contributed by atoms with Crippen molar-refractivity contribution in [3.63, 3.8) is 0 Å². The highest BCUT2D eigenvalue weighted by Crippen LogP contribution is 2.31. The van der Waals surface area contributed by atoms with E-state index in [1.54, 1.807) is 17.5 Å². The van der Waals surface area contributed by atoms with Crippen LogP contribution in [-0.2, 0) is 0 Å². The number of carbonyl (C=O) groups is 1. The Kier molecular flexibility index (Phi) is 4.76. The minimum atomic E-state index is -0.0508. The highest BCUT2D eigenvalue weighted by Gasteiger charge is 2.24. The van der Waals surface area contributed by atoms with Crippen LogP contribution in [0.3, 0.4) is 0 Å². The van der Waals surface area contributed by atoms with Crippen LogP contribution in [-0.4, -0.2) is 16.1 Å². The molecule has 1 amide bonds. The van der Waals surface area contributed by atoms with Crippen LogP contribution in [0.4, 0.5) is 0 Å². The van der Waals surface area contributed by atoms with E-state index >= 15 is 0 Å². The molecule has 0 saturated heterocycles. The molecule has 0 aliphatic carbocycles. The van der Waals surface area contributed by atoms with E-state index < -0.39 is 0 Å². The van der Waals surface area contributed by atoms with Crippen LogP contribution in [0, 0.1) is 5.92 Å². The molecule has 0 saturated carbocycles. The first-order chi connectivity index (χ1) is 11.2. The van der Waals surface area contributed by atoms with E-state index in [2.05, 4.69) is 40.8 Å². The van der Waals surface area contributed by atoms with Crippen LogP contribution in [0.1, 0.15) is 48.0 Å². The van der Waals surface area contributed by atoms with Crippen LogP contribution in [0.2, 0.25) is 0 Å². The number of aromatic nitrogens is 2. The predicted molar refractivity (Wildman–Crippen MR) is 94.7 cm³/mol. The van der Waals surface area contributed by atoms with Gasteiger partial charge in [-0.05, 0) is 23.4 Å². The predicted octanol–water partition coefficient (Wildman–Crippen LogP) is 4.53. The lowest BCUT2D eigenvalue weighted by Gasteiger charge is -2.25. The maximum absolute atomic E-state index is 12.8. The summed E-state index contributed by atoms with van der Waals surface area (Å²) in [5.74, 6) is 0.378. The summed E-state index contributed by atoms with van der Waals surface area (Å²) < 4.78 is 0. The van der Waals surface area contributed by atoms with Crippen LogP contribution in [0.25, 0.3) is 10.9 Å². The van der Waals surface area contributed by atoms with Gasteiger partial charge in [-0.15, -0.1) is 11.3 Å². The smallest absolute Gasteiger partial charge is 0.253 e. The molecule has 0 bridgehead atoms. The van der Waals surface area contributed by atoms with E-state index in [9.17, 15) is 4.79 Å². The summed E-state index contributed by atoms with van der Waals surface area (Å²) in [5, 5.41) is 13.2. The number of hydrogen-bond acceptors (Lipinski definition) is 3. The number of amides is 1. The average Bonchev–Trinajstić information content (AvgIpc) is 3.25. The standard InChI is InChI=1S/C18H21N3OS/c1-3-12(4-2)17(15-9-6-10-23-15)20-18(22)14-8-5-7-13-11-19-21-16(13)14/h5-12,17H,3-4H2,1-2H3,(H,19,21)(H,20,22). The summed E-state index contributed by atoms with van der Waals surface area (Å²) in [6, 6.07) is 9.88. The molecule has 1 aromatic carbocycles. The molecule has 2 N–H and O–H groups in total. The van der Waals surface area contributed by atoms with Gasteiger partial charge in [-0.1, -0.05) is 44.9 Å². The van der Waals surface area contributed by atoms with Gasteiger partial charge in [0.05, 0.1) is 23.3 Å². The van der Waals surface area contributed by atoms with E-state index in [1.807, 2.05) is 24.3 Å². The fourth-order valence-corrected chi connectivity index (χ4v) is 3.90. The van der Waals surface area contributed by atoms with Gasteiger partial charge in [-0.2, -0.15) is 5.10 Å². The van der Waals surface area contributed by atoms with Crippen molar-refractivity contribution in [3.05, 3.63) is 52.3 Å². The molecule has 0 aliphatic rings. The molecule has 23 heavy (non-hydrogen) atoms. The highest BCUT2D eigenvalue weighted by molar-refractivity contribution is 7.10. The summed E-state index contributed by atoms with van der Waals surface area (Å²) in [5.41, 5.74) is 1.44. The molecule has 4 nitrogen and oxygen atoms in total. The molecule has 5 heteroatoms. The zero-order valence-corrected chi connectivity index (χ0v) is 14.2. The Labute approximate surface area is 139 Å². The number of fused-ring (bicyclic) bond motifs is 1. The Morgan fingerprint density at radius 2 is 2.09 bits per heavy atom. The van der Waals surface area contributed by atoms with Crippen molar-refractivity contribution in [3.8, 4) is 0 Å². The van der Waals surface area contributed by atoms with Crippen molar-refractivity contribution in [1.29, 1.82) is 0 Å². The molecule has 2 aromatic heterocycles. The monoisotopic (exact) mass is 327 g/mol. The van der Waals surface area contributed by atoms with E-state index in [0.29, 0.717) is 11.5 Å². The molecular weight excluding hydrogens is 306 g/mol. The van der Waals surface area contributed by atoms with Crippen molar-refractivity contribution < 1.29 is 4.79 Å². The molecular formula is C18H21N3OS. The summed E-state index contributed by atoms with van der Waals surface area (Å²) in [6.45, 7) is 4.35. The van der Waals surface area contributed by atoms with E-state index in [0.717, 1.165) is 23.7 Å². The number of nitrogens with one attached hydrogen (secondary N) is 2. The van der Waals surface area contributed by atoms with Crippen molar-refractivity contribution >= 4 is 28.1 Å². The van der Waals surface area contributed by atoms with Gasteiger partial charge in [0, 0.05) is 10.3 Å². The van der Waals surface area contributed by atoms with Gasteiger partial charge >= 0.3 is 0 Å². The zero-order chi connectivity index (χ0) is 16.2. The number of hydrogen-bond donors (Lipinski definition) is 2. The number of aromatic amines is 1. The highest BCUT2D eigenvalue weighted by atomic mass is 32.1. The Bertz CT molecular complexity index is 775. The Balaban J connectivity index is 1.90. The van der Waals surface area contributed by atoms with E-state index in [1.165, 1.54) is 4.88 Å². The lowest BCUT2D eigenvalue weighted by atomic mass is 9.92. The molecule has 0 aliphatic heterocycles. The number of rotatable bonds is 6. The first-order valence-electron chi connectivity index (χ1n) is 8.01. The lowest BCUT2D eigenvalue weighted by molar-refractivity contribution is 0.0922. The topological polar surface area (TPSA) is 57.8 Å². The van der Waals surface area contributed by atoms with Crippen molar-refractivity contribution in [1.82, 2.24) is 15.5 Å².